The van der Waals surface area contributed by atoms with Crippen molar-refractivity contribution in [3.05, 3.63) is 29.8 Å². The Balaban J connectivity index is 1.68. The average molecular weight is 569 g/mol. The fourth-order valence-electron chi connectivity index (χ4n) is 4.81. The van der Waals surface area contributed by atoms with E-state index >= 15 is 0 Å². The number of amides is 1. The van der Waals surface area contributed by atoms with Crippen molar-refractivity contribution in [2.75, 3.05) is 95.7 Å². The van der Waals surface area contributed by atoms with Crippen LogP contribution in [0.1, 0.15) is 12.5 Å². The third kappa shape index (κ3) is 9.96. The van der Waals surface area contributed by atoms with E-state index in [2.05, 4.69) is 82.8 Å². The minimum absolute atomic E-state index is 0.0130. The predicted molar refractivity (Wildman–Crippen MR) is 152 cm³/mol. The Morgan fingerprint density at radius 1 is 0.750 bits per heavy atom. The molecule has 3 saturated heterocycles. The van der Waals surface area contributed by atoms with Gasteiger partial charge in [0.2, 0.25) is 5.91 Å². The van der Waals surface area contributed by atoms with Crippen molar-refractivity contribution in [2.45, 2.75) is 24.5 Å². The third-order valence-electron chi connectivity index (χ3n) is 6.79. The topological polar surface area (TPSA) is 125 Å². The first-order valence-corrected chi connectivity index (χ1v) is 14.4. The summed E-state index contributed by atoms with van der Waals surface area (Å²) in [5, 5.41) is 32.9. The zero-order valence-corrected chi connectivity index (χ0v) is 23.3. The van der Waals surface area contributed by atoms with Gasteiger partial charge in [-0.1, -0.05) is 35.0 Å². The summed E-state index contributed by atoms with van der Waals surface area (Å²) in [5.74, 6) is -0.0479. The second-order valence-electron chi connectivity index (χ2n) is 9.88. The summed E-state index contributed by atoms with van der Waals surface area (Å²) in [5.41, 5.74) is 1.84. The lowest BCUT2D eigenvalue weighted by molar-refractivity contribution is -0.113. The quantitative estimate of drug-likeness (QED) is 0.186. The van der Waals surface area contributed by atoms with Crippen molar-refractivity contribution in [3.63, 3.8) is 0 Å². The van der Waals surface area contributed by atoms with Crippen LogP contribution >= 0.6 is 15.9 Å². The molecule has 0 unspecified atom stereocenters. The SMILES string of the molecule is CCNC12CNCCNCC(NCc3ccc(NC(=O)CBr)cc3)(CNCCNC1)CNCCNC2. The number of benzene rings is 1. The number of fused-ring (bicyclic) bond motifs is 15. The second-order valence-corrected chi connectivity index (χ2v) is 10.4. The number of halogens is 1. The Morgan fingerprint density at radius 3 is 1.56 bits per heavy atom. The van der Waals surface area contributed by atoms with Crippen molar-refractivity contribution in [1.82, 2.24) is 42.5 Å². The fraction of sp³-hybridized carbons (Fsp3) is 0.720. The maximum absolute atomic E-state index is 11.6. The minimum Gasteiger partial charge on any atom is -0.325 e. The van der Waals surface area contributed by atoms with Crippen molar-refractivity contribution < 1.29 is 4.79 Å². The first-order valence-electron chi connectivity index (χ1n) is 13.3. The fourth-order valence-corrected chi connectivity index (χ4v) is 4.95. The van der Waals surface area contributed by atoms with Gasteiger partial charge in [0.25, 0.3) is 0 Å². The lowest BCUT2D eigenvalue weighted by atomic mass is 9.97. The molecule has 0 aromatic heterocycles. The average Bonchev–Trinajstić information content (AvgIpc) is 2.89. The molecule has 11 heteroatoms. The van der Waals surface area contributed by atoms with E-state index in [4.69, 9.17) is 0 Å². The molecule has 3 aliphatic heterocycles. The molecule has 3 aliphatic rings. The van der Waals surface area contributed by atoms with Gasteiger partial charge in [-0.3, -0.25) is 4.79 Å². The summed E-state index contributed by atoms with van der Waals surface area (Å²) >= 11 is 3.19. The van der Waals surface area contributed by atoms with Crippen LogP contribution in [0, 0.1) is 0 Å². The van der Waals surface area contributed by atoms with Gasteiger partial charge in [0.15, 0.2) is 0 Å². The summed E-state index contributed by atoms with van der Waals surface area (Å²) in [7, 11) is 0. The van der Waals surface area contributed by atoms with Gasteiger partial charge in [-0.2, -0.15) is 0 Å². The Kier molecular flexibility index (Phi) is 13.0. The highest BCUT2D eigenvalue weighted by Crippen LogP contribution is 2.12. The molecule has 0 spiro atoms. The number of carbonyl (C=O) groups excluding carboxylic acids is 1. The van der Waals surface area contributed by atoms with Gasteiger partial charge >= 0.3 is 0 Å². The minimum atomic E-state index is -0.148. The molecule has 1 aromatic carbocycles. The van der Waals surface area contributed by atoms with E-state index in [0.717, 1.165) is 97.3 Å². The van der Waals surface area contributed by atoms with Gasteiger partial charge in [-0.25, -0.2) is 0 Å². The lowest BCUT2D eigenvalue weighted by Gasteiger charge is -2.39. The van der Waals surface area contributed by atoms with Crippen molar-refractivity contribution in [2.24, 2.45) is 0 Å². The van der Waals surface area contributed by atoms with Crippen LogP contribution in [-0.4, -0.2) is 107 Å². The van der Waals surface area contributed by atoms with Gasteiger partial charge in [0, 0.05) is 90.8 Å². The maximum Gasteiger partial charge on any atom is 0.235 e. The van der Waals surface area contributed by atoms with Crippen LogP contribution in [0.5, 0.6) is 0 Å². The van der Waals surface area contributed by atoms with Gasteiger partial charge in [-0.05, 0) is 24.2 Å². The van der Waals surface area contributed by atoms with Crippen LogP contribution in [-0.2, 0) is 11.3 Å². The van der Waals surface area contributed by atoms with Crippen molar-refractivity contribution >= 4 is 27.5 Å². The van der Waals surface area contributed by atoms with Gasteiger partial charge in [-0.15, -0.1) is 0 Å². The largest absolute Gasteiger partial charge is 0.325 e. The second kappa shape index (κ2) is 16.0. The molecule has 0 atom stereocenters. The molecule has 9 N–H and O–H groups in total. The van der Waals surface area contributed by atoms with Crippen LogP contribution in [0.3, 0.4) is 0 Å². The van der Waals surface area contributed by atoms with Crippen LogP contribution in [0.25, 0.3) is 0 Å². The van der Waals surface area contributed by atoms with Crippen LogP contribution in [0.15, 0.2) is 24.3 Å². The van der Waals surface area contributed by atoms with Crippen molar-refractivity contribution in [3.8, 4) is 0 Å². The number of likely N-dealkylation sites (N-methyl/N-ethyl adjacent to an activating group) is 1. The molecule has 36 heavy (non-hydrogen) atoms. The zero-order valence-electron chi connectivity index (χ0n) is 21.7. The first kappa shape index (κ1) is 29.4. The summed E-state index contributed by atoms with van der Waals surface area (Å²) in [6.45, 7) is 14.7. The number of hydrogen-bond donors (Lipinski definition) is 9. The van der Waals surface area contributed by atoms with Crippen LogP contribution in [0.2, 0.25) is 0 Å². The highest BCUT2D eigenvalue weighted by atomic mass is 79.9. The predicted octanol–water partition coefficient (Wildman–Crippen LogP) is -1.24. The molecular weight excluding hydrogens is 522 g/mol. The van der Waals surface area contributed by atoms with Crippen LogP contribution in [0.4, 0.5) is 5.69 Å². The smallest absolute Gasteiger partial charge is 0.235 e. The molecule has 3 heterocycles. The van der Waals surface area contributed by atoms with E-state index in [1.807, 2.05) is 12.1 Å². The maximum atomic E-state index is 11.6. The highest BCUT2D eigenvalue weighted by molar-refractivity contribution is 9.09. The van der Waals surface area contributed by atoms with E-state index < -0.39 is 0 Å². The Bertz CT molecular complexity index is 721. The number of rotatable bonds is 7. The number of nitrogens with one attached hydrogen (secondary N) is 9. The molecule has 1 aromatic rings. The van der Waals surface area contributed by atoms with Crippen LogP contribution < -0.4 is 47.9 Å². The number of carbonyl (C=O) groups is 1. The molecular formula is C25H46BrN9O. The monoisotopic (exact) mass is 567 g/mol. The molecule has 0 radical (unpaired) electrons. The van der Waals surface area contributed by atoms with E-state index in [-0.39, 0.29) is 17.0 Å². The third-order valence-corrected chi connectivity index (χ3v) is 7.30. The van der Waals surface area contributed by atoms with E-state index in [1.54, 1.807) is 0 Å². The van der Waals surface area contributed by atoms with Gasteiger partial charge in [0.05, 0.1) is 16.4 Å². The Morgan fingerprint density at radius 2 is 1.17 bits per heavy atom. The molecule has 0 aliphatic carbocycles. The van der Waals surface area contributed by atoms with Gasteiger partial charge < -0.3 is 47.9 Å². The Hall–Kier alpha value is -1.15. The van der Waals surface area contributed by atoms with Crippen molar-refractivity contribution in [1.29, 1.82) is 0 Å². The standard InChI is InChI=1S/C25H46BrN9O/c1-2-33-24-15-27-7-10-30-18-25(19-31-11-8-28-16-24,20-32-12-9-29-17-24)34-14-21-3-5-22(6-4-21)35-23(36)13-26/h3-6,27-34H,2,7-20H2,1H3,(H,35,36). The van der Waals surface area contributed by atoms with E-state index in [9.17, 15) is 4.79 Å². The molecule has 10 nitrogen and oxygen atoms in total. The van der Waals surface area contributed by atoms with E-state index in [0.29, 0.717) is 5.33 Å². The highest BCUT2D eigenvalue weighted by Gasteiger charge is 2.31. The summed E-state index contributed by atoms with van der Waals surface area (Å²) in [6, 6.07) is 8.06. The summed E-state index contributed by atoms with van der Waals surface area (Å²) in [6.07, 6.45) is 0. The lowest BCUT2D eigenvalue weighted by Crippen LogP contribution is -2.66. The molecule has 0 saturated carbocycles. The molecule has 1 amide bonds. The van der Waals surface area contributed by atoms with Gasteiger partial charge in [0.1, 0.15) is 0 Å². The number of hydrogen-bond acceptors (Lipinski definition) is 9. The zero-order chi connectivity index (χ0) is 25.5. The molecule has 4 rings (SSSR count). The summed E-state index contributed by atoms with van der Waals surface area (Å²) < 4.78 is 0. The normalized spacial score (nSPS) is 27.2. The molecule has 2 bridgehead atoms. The summed E-state index contributed by atoms with van der Waals surface area (Å²) in [4.78, 5) is 11.6. The Labute approximate surface area is 224 Å². The van der Waals surface area contributed by atoms with E-state index in [1.165, 1.54) is 5.56 Å². The number of alkyl halides is 1. The molecule has 204 valence electrons. The first-order chi connectivity index (χ1) is 17.6. The number of anilines is 1. The molecule has 3 fully saturated rings.